The van der Waals surface area contributed by atoms with E-state index in [1.54, 1.807) is 12.1 Å². The number of carbonyl (C=O) groups is 1. The van der Waals surface area contributed by atoms with Gasteiger partial charge in [0.25, 0.3) is 0 Å². The average molecular weight is 444 g/mol. The van der Waals surface area contributed by atoms with Gasteiger partial charge in [-0.25, -0.2) is 4.79 Å². The zero-order valence-electron chi connectivity index (χ0n) is 15.8. The maximum absolute atomic E-state index is 12.6. The van der Waals surface area contributed by atoms with Gasteiger partial charge >= 0.3 is 12.6 Å². The Morgan fingerprint density at radius 2 is 1.87 bits per heavy atom. The third kappa shape index (κ3) is 4.51. The van der Waals surface area contributed by atoms with Crippen LogP contribution in [0.2, 0.25) is 5.02 Å². The molecule has 10 heteroatoms. The molecule has 1 aromatic heterocycles. The summed E-state index contributed by atoms with van der Waals surface area (Å²) in [5, 5.41) is 13.1. The number of nitrogen functional groups attached to an aromatic ring is 1. The number of nitrogens with one attached hydrogen (secondary N) is 3. The Bertz CT molecular complexity index is 1240. The number of H-pyrrole nitrogens is 1. The molecule has 158 valence electrons. The molecule has 0 bridgehead atoms. The lowest BCUT2D eigenvalue weighted by atomic mass is 10.0. The van der Waals surface area contributed by atoms with E-state index in [9.17, 15) is 13.6 Å². The zero-order chi connectivity index (χ0) is 22.0. The summed E-state index contributed by atoms with van der Waals surface area (Å²) in [6, 6.07) is 16.1. The van der Waals surface area contributed by atoms with Crippen LogP contribution in [0.15, 0.2) is 60.7 Å². The zero-order valence-corrected chi connectivity index (χ0v) is 16.6. The predicted octanol–water partition coefficient (Wildman–Crippen LogP) is 5.71. The molecular formula is C21H16ClF2N5O2. The molecule has 0 unspecified atom stereocenters. The lowest BCUT2D eigenvalue weighted by Crippen LogP contribution is -2.20. The number of halogens is 3. The molecule has 0 atom stereocenters. The number of hydrogen-bond donors (Lipinski definition) is 4. The minimum Gasteiger partial charge on any atom is -0.433 e. The van der Waals surface area contributed by atoms with Crippen LogP contribution in [-0.2, 0) is 0 Å². The highest BCUT2D eigenvalue weighted by atomic mass is 35.5. The lowest BCUT2D eigenvalue weighted by molar-refractivity contribution is -0.0493. The third-order valence-corrected chi connectivity index (χ3v) is 4.71. The molecule has 4 aromatic rings. The molecule has 7 nitrogen and oxygen atoms in total. The van der Waals surface area contributed by atoms with Crippen LogP contribution >= 0.6 is 11.6 Å². The summed E-state index contributed by atoms with van der Waals surface area (Å²) in [6.07, 6.45) is 0. The van der Waals surface area contributed by atoms with Crippen molar-refractivity contribution in [3.05, 3.63) is 65.7 Å². The number of hydrogen-bond acceptors (Lipinski definition) is 4. The fourth-order valence-electron chi connectivity index (χ4n) is 3.15. The lowest BCUT2D eigenvalue weighted by Gasteiger charge is -2.13. The van der Waals surface area contributed by atoms with E-state index in [1.165, 1.54) is 18.2 Å². The quantitative estimate of drug-likeness (QED) is 0.317. The SMILES string of the molecule is Nc1n[nH]c2cccc(-c3ccc(NC(=O)Nc4cc(Cl)ccc4OC(F)F)cc3)c12. The van der Waals surface area contributed by atoms with Crippen molar-refractivity contribution in [2.75, 3.05) is 16.4 Å². The van der Waals surface area contributed by atoms with Crippen LogP contribution in [0.1, 0.15) is 0 Å². The highest BCUT2D eigenvalue weighted by Crippen LogP contribution is 2.32. The number of nitrogens with zero attached hydrogens (tertiary/aromatic N) is 1. The van der Waals surface area contributed by atoms with Gasteiger partial charge in [-0.3, -0.25) is 5.10 Å². The second-order valence-electron chi connectivity index (χ2n) is 6.51. The van der Waals surface area contributed by atoms with Gasteiger partial charge in [0.15, 0.2) is 5.82 Å². The van der Waals surface area contributed by atoms with E-state index >= 15 is 0 Å². The normalized spacial score (nSPS) is 11.0. The number of rotatable bonds is 5. The van der Waals surface area contributed by atoms with Crippen LogP contribution < -0.4 is 21.1 Å². The van der Waals surface area contributed by atoms with Gasteiger partial charge in [0.2, 0.25) is 0 Å². The molecule has 4 rings (SSSR count). The topological polar surface area (TPSA) is 105 Å². The number of benzene rings is 3. The van der Waals surface area contributed by atoms with Crippen LogP contribution in [0.25, 0.3) is 22.0 Å². The third-order valence-electron chi connectivity index (χ3n) is 4.48. The van der Waals surface area contributed by atoms with Crippen molar-refractivity contribution in [2.24, 2.45) is 0 Å². The van der Waals surface area contributed by atoms with Crippen LogP contribution in [-0.4, -0.2) is 22.8 Å². The highest BCUT2D eigenvalue weighted by molar-refractivity contribution is 6.31. The first-order valence-corrected chi connectivity index (χ1v) is 9.44. The Kier molecular flexibility index (Phi) is 5.59. The van der Waals surface area contributed by atoms with Crippen molar-refractivity contribution < 1.29 is 18.3 Å². The second-order valence-corrected chi connectivity index (χ2v) is 6.95. The van der Waals surface area contributed by atoms with Crippen molar-refractivity contribution in [3.8, 4) is 16.9 Å². The number of anilines is 3. The van der Waals surface area contributed by atoms with Gasteiger partial charge in [0.05, 0.1) is 16.6 Å². The number of alkyl halides is 2. The Hall–Kier alpha value is -3.85. The van der Waals surface area contributed by atoms with Crippen molar-refractivity contribution in [1.29, 1.82) is 0 Å². The number of fused-ring (bicyclic) bond motifs is 1. The average Bonchev–Trinajstić information content (AvgIpc) is 3.11. The molecule has 31 heavy (non-hydrogen) atoms. The summed E-state index contributed by atoms with van der Waals surface area (Å²) in [6.45, 7) is -3.04. The minimum absolute atomic E-state index is 0.0176. The van der Waals surface area contributed by atoms with E-state index < -0.39 is 12.6 Å². The standard InChI is InChI=1S/C21H16ClF2N5O2/c22-12-6-9-17(31-20(23)24)16(10-12)27-21(30)26-13-7-4-11(5-8-13)14-2-1-3-15-18(14)19(25)29-28-15/h1-10,20H,(H3,25,28,29)(H2,26,27,30). The molecule has 0 aliphatic carbocycles. The Morgan fingerprint density at radius 1 is 1.10 bits per heavy atom. The summed E-state index contributed by atoms with van der Waals surface area (Å²) in [4.78, 5) is 12.3. The summed E-state index contributed by atoms with van der Waals surface area (Å²) < 4.78 is 29.5. The molecular weight excluding hydrogens is 428 g/mol. The van der Waals surface area contributed by atoms with Gasteiger partial charge in [-0.1, -0.05) is 35.9 Å². The van der Waals surface area contributed by atoms with E-state index in [0.717, 1.165) is 22.0 Å². The second kappa shape index (κ2) is 8.49. The van der Waals surface area contributed by atoms with Crippen LogP contribution in [0.5, 0.6) is 5.75 Å². The highest BCUT2D eigenvalue weighted by Gasteiger charge is 2.14. The Balaban J connectivity index is 1.50. The van der Waals surface area contributed by atoms with Gasteiger partial charge in [-0.2, -0.15) is 13.9 Å². The van der Waals surface area contributed by atoms with E-state index in [-0.39, 0.29) is 16.5 Å². The Morgan fingerprint density at radius 3 is 2.61 bits per heavy atom. The van der Waals surface area contributed by atoms with Crippen molar-refractivity contribution in [1.82, 2.24) is 10.2 Å². The maximum Gasteiger partial charge on any atom is 0.387 e. The van der Waals surface area contributed by atoms with Crippen LogP contribution in [0.3, 0.4) is 0 Å². The van der Waals surface area contributed by atoms with Crippen molar-refractivity contribution in [3.63, 3.8) is 0 Å². The largest absolute Gasteiger partial charge is 0.433 e. The van der Waals surface area contributed by atoms with Crippen LogP contribution in [0, 0.1) is 0 Å². The first-order chi connectivity index (χ1) is 14.9. The molecule has 1 heterocycles. The monoisotopic (exact) mass is 443 g/mol. The van der Waals surface area contributed by atoms with E-state index in [4.69, 9.17) is 17.3 Å². The molecule has 0 aliphatic heterocycles. The molecule has 3 aromatic carbocycles. The number of urea groups is 1. The van der Waals surface area contributed by atoms with E-state index in [0.29, 0.717) is 11.5 Å². The predicted molar refractivity (Wildman–Crippen MR) is 117 cm³/mol. The molecule has 2 amide bonds. The molecule has 0 saturated heterocycles. The summed E-state index contributed by atoms with van der Waals surface area (Å²) >= 11 is 5.89. The van der Waals surface area contributed by atoms with Gasteiger partial charge in [-0.15, -0.1) is 0 Å². The summed E-state index contributed by atoms with van der Waals surface area (Å²) in [5.74, 6) is 0.200. The van der Waals surface area contributed by atoms with E-state index in [2.05, 4.69) is 25.6 Å². The fraction of sp³-hybridized carbons (Fsp3) is 0.0476. The van der Waals surface area contributed by atoms with Gasteiger partial charge < -0.3 is 21.1 Å². The van der Waals surface area contributed by atoms with Gasteiger partial charge in [0.1, 0.15) is 5.75 Å². The number of nitrogens with two attached hydrogens (primary N) is 1. The molecule has 5 N–H and O–H groups in total. The number of carbonyl (C=O) groups excluding carboxylic acids is 1. The first kappa shape index (κ1) is 20.4. The molecule has 0 fully saturated rings. The first-order valence-electron chi connectivity index (χ1n) is 9.06. The van der Waals surface area contributed by atoms with Crippen molar-refractivity contribution >= 4 is 45.7 Å². The molecule has 0 radical (unpaired) electrons. The smallest absolute Gasteiger partial charge is 0.387 e. The maximum atomic E-state index is 12.6. The van der Waals surface area contributed by atoms with Crippen molar-refractivity contribution in [2.45, 2.75) is 6.61 Å². The molecule has 0 aliphatic rings. The molecule has 0 saturated carbocycles. The van der Waals surface area contributed by atoms with Gasteiger partial charge in [0, 0.05) is 10.7 Å². The summed E-state index contributed by atoms with van der Waals surface area (Å²) in [5.41, 5.74) is 9.07. The number of ether oxygens (including phenoxy) is 1. The van der Waals surface area contributed by atoms with E-state index in [1.807, 2.05) is 30.3 Å². The van der Waals surface area contributed by atoms with Gasteiger partial charge in [-0.05, 0) is 47.5 Å². The summed E-state index contributed by atoms with van der Waals surface area (Å²) in [7, 11) is 0. The Labute approximate surface area is 180 Å². The van der Waals surface area contributed by atoms with Crippen LogP contribution in [0.4, 0.5) is 30.8 Å². The fourth-order valence-corrected chi connectivity index (χ4v) is 3.33. The minimum atomic E-state index is -3.04. The number of amides is 2. The number of aromatic nitrogens is 2. The number of aromatic amines is 1. The molecule has 0 spiro atoms.